The van der Waals surface area contributed by atoms with Crippen molar-refractivity contribution in [2.24, 2.45) is 0 Å². The van der Waals surface area contributed by atoms with Gasteiger partial charge < -0.3 is 14.9 Å². The van der Waals surface area contributed by atoms with E-state index in [2.05, 4.69) is 4.98 Å². The molecule has 2 heterocycles. The van der Waals surface area contributed by atoms with Gasteiger partial charge in [0.25, 0.3) is 0 Å². The largest absolute Gasteiger partial charge is 0.416 e. The molecule has 1 aliphatic rings. The Balaban J connectivity index is 1.82. The Labute approximate surface area is 238 Å². The van der Waals surface area contributed by atoms with Crippen LogP contribution in [-0.4, -0.2) is 48.4 Å². The van der Waals surface area contributed by atoms with Gasteiger partial charge >= 0.3 is 12.4 Å². The maximum Gasteiger partial charge on any atom is 0.416 e. The Bertz CT molecular complexity index is 1440. The number of likely N-dealkylation sites (N-methyl/N-ethyl adjacent to an activating group) is 1. The van der Waals surface area contributed by atoms with Gasteiger partial charge in [-0.25, -0.2) is 9.37 Å². The van der Waals surface area contributed by atoms with Crippen LogP contribution in [0.1, 0.15) is 42.5 Å². The molecule has 0 radical (unpaired) electrons. The number of halogens is 7. The van der Waals surface area contributed by atoms with E-state index in [1.54, 1.807) is 29.2 Å². The average molecular weight is 598 g/mol. The summed E-state index contributed by atoms with van der Waals surface area (Å²) in [5, 5.41) is 9.77. The van der Waals surface area contributed by atoms with Crippen LogP contribution in [0, 0.1) is 6.92 Å². The van der Waals surface area contributed by atoms with Gasteiger partial charge in [-0.3, -0.25) is 4.79 Å². The van der Waals surface area contributed by atoms with Gasteiger partial charge in [-0.2, -0.15) is 26.3 Å². The quantitative estimate of drug-likeness (QED) is 0.313. The first kappa shape index (κ1) is 31.3. The highest BCUT2D eigenvalue weighted by Crippen LogP contribution is 2.41. The number of carbonyl (C=O) groups is 1. The number of pyridine rings is 1. The number of aliphatic hydroxyl groups is 1. The van der Waals surface area contributed by atoms with Crippen molar-refractivity contribution in [1.82, 2.24) is 4.98 Å². The molecule has 0 spiro atoms. The summed E-state index contributed by atoms with van der Waals surface area (Å²) in [6.07, 6.45) is -9.84. The molecule has 0 unspecified atom stereocenters. The van der Waals surface area contributed by atoms with Crippen molar-refractivity contribution in [2.75, 3.05) is 30.0 Å². The van der Waals surface area contributed by atoms with Crippen LogP contribution in [0.4, 0.5) is 42.2 Å². The maximum absolute atomic E-state index is 14.2. The lowest BCUT2D eigenvalue weighted by molar-refractivity contribution is -0.143. The van der Waals surface area contributed by atoms with E-state index < -0.39 is 52.6 Å². The summed E-state index contributed by atoms with van der Waals surface area (Å²) in [6.45, 7) is 4.05. The van der Waals surface area contributed by atoms with Crippen molar-refractivity contribution in [3.8, 4) is 11.1 Å². The van der Waals surface area contributed by atoms with Gasteiger partial charge in [0.2, 0.25) is 5.91 Å². The Morgan fingerprint density at radius 2 is 1.55 bits per heavy atom. The third kappa shape index (κ3) is 6.08. The first-order valence-corrected chi connectivity index (χ1v) is 13.1. The van der Waals surface area contributed by atoms with Gasteiger partial charge in [0.05, 0.1) is 47.6 Å². The number of carbonyl (C=O) groups excluding carboxylic acids is 1. The molecule has 1 N–H and O–H groups in total. The molecular formula is C30H30F7N3O2. The second kappa shape index (κ2) is 11.2. The summed E-state index contributed by atoms with van der Waals surface area (Å²) in [5.74, 6) is -0.429. The number of hydrogen-bond acceptors (Lipinski definition) is 4. The standard InChI is InChI=1S/C30H30F7N3O2/c1-17-7-5-6-8-23(17)24-13-26(40-15-21(31)12-22(40)16-41)38-14-25(24)39(4)27(42)28(2,3)18-9-19(29(32,33)34)11-20(10-18)30(35,36)37/h5-11,13-14,21-22,41H,12,15-16H2,1-4H3/t21-,22+/m1/s1. The van der Waals surface area contributed by atoms with E-state index in [1.165, 1.54) is 27.1 Å². The van der Waals surface area contributed by atoms with E-state index in [4.69, 9.17) is 0 Å². The molecular weight excluding hydrogens is 567 g/mol. The van der Waals surface area contributed by atoms with Crippen molar-refractivity contribution < 1.29 is 40.6 Å². The van der Waals surface area contributed by atoms with E-state index >= 15 is 0 Å². The molecule has 2 aromatic carbocycles. The fourth-order valence-electron chi connectivity index (χ4n) is 5.23. The van der Waals surface area contributed by atoms with Crippen LogP contribution < -0.4 is 9.80 Å². The molecule has 4 rings (SSSR count). The summed E-state index contributed by atoms with van der Waals surface area (Å²) < 4.78 is 95.6. The number of benzene rings is 2. The lowest BCUT2D eigenvalue weighted by Crippen LogP contribution is -2.42. The van der Waals surface area contributed by atoms with Crippen LogP contribution in [0.3, 0.4) is 0 Å². The van der Waals surface area contributed by atoms with E-state index in [1.807, 2.05) is 13.0 Å². The molecule has 5 nitrogen and oxygen atoms in total. The molecule has 226 valence electrons. The number of alkyl halides is 7. The zero-order valence-corrected chi connectivity index (χ0v) is 23.3. The minimum absolute atomic E-state index is 0.00364. The molecule has 1 amide bonds. The van der Waals surface area contributed by atoms with E-state index in [0.29, 0.717) is 29.1 Å². The summed E-state index contributed by atoms with van der Waals surface area (Å²) in [6, 6.07) is 9.45. The molecule has 1 aromatic heterocycles. The Kier molecular flexibility index (Phi) is 8.34. The SMILES string of the molecule is Cc1ccccc1-c1cc(N2C[C@H](F)C[C@H]2CO)ncc1N(C)C(=O)C(C)(C)c1cc(C(F)(F)F)cc(C(F)(F)F)c1. The third-order valence-corrected chi connectivity index (χ3v) is 7.68. The summed E-state index contributed by atoms with van der Waals surface area (Å²) in [5.41, 5.74) is -3.09. The highest BCUT2D eigenvalue weighted by Gasteiger charge is 2.41. The van der Waals surface area contributed by atoms with E-state index in [9.17, 15) is 40.6 Å². The summed E-state index contributed by atoms with van der Waals surface area (Å²) in [7, 11) is 1.37. The minimum atomic E-state index is -5.07. The van der Waals surface area contributed by atoms with Gasteiger partial charge in [0.15, 0.2) is 0 Å². The van der Waals surface area contributed by atoms with Gasteiger partial charge in [0, 0.05) is 19.0 Å². The smallest absolute Gasteiger partial charge is 0.394 e. The molecule has 0 aliphatic carbocycles. The number of aliphatic hydroxyl groups excluding tert-OH is 1. The van der Waals surface area contributed by atoms with Crippen LogP contribution in [-0.2, 0) is 22.6 Å². The van der Waals surface area contributed by atoms with Crippen LogP contribution in [0.2, 0.25) is 0 Å². The van der Waals surface area contributed by atoms with Crippen molar-refractivity contribution in [2.45, 2.75) is 57.2 Å². The fourth-order valence-corrected chi connectivity index (χ4v) is 5.23. The van der Waals surface area contributed by atoms with Gasteiger partial charge in [0.1, 0.15) is 12.0 Å². The Morgan fingerprint density at radius 1 is 0.976 bits per heavy atom. The van der Waals surface area contributed by atoms with Crippen LogP contribution in [0.5, 0.6) is 0 Å². The number of nitrogens with zero attached hydrogens (tertiary/aromatic N) is 3. The first-order chi connectivity index (χ1) is 19.4. The molecule has 1 aliphatic heterocycles. The van der Waals surface area contributed by atoms with Gasteiger partial charge in [-0.15, -0.1) is 0 Å². The summed E-state index contributed by atoms with van der Waals surface area (Å²) in [4.78, 5) is 21.1. The zero-order valence-electron chi connectivity index (χ0n) is 23.3. The molecule has 0 bridgehead atoms. The molecule has 0 saturated carbocycles. The Hall–Kier alpha value is -3.67. The number of aromatic nitrogens is 1. The second-order valence-electron chi connectivity index (χ2n) is 11.0. The predicted molar refractivity (Wildman–Crippen MR) is 145 cm³/mol. The number of aryl methyl sites for hydroxylation is 1. The van der Waals surface area contributed by atoms with Crippen LogP contribution >= 0.6 is 0 Å². The van der Waals surface area contributed by atoms with E-state index in [-0.39, 0.29) is 31.3 Å². The third-order valence-electron chi connectivity index (χ3n) is 7.68. The second-order valence-corrected chi connectivity index (χ2v) is 11.0. The maximum atomic E-state index is 14.2. The zero-order chi connectivity index (χ0) is 31.2. The van der Waals surface area contributed by atoms with Crippen molar-refractivity contribution in [1.29, 1.82) is 0 Å². The summed E-state index contributed by atoms with van der Waals surface area (Å²) >= 11 is 0. The average Bonchev–Trinajstić information content (AvgIpc) is 3.31. The molecule has 3 aromatic rings. The van der Waals surface area contributed by atoms with Gasteiger partial charge in [-0.1, -0.05) is 24.3 Å². The van der Waals surface area contributed by atoms with Crippen LogP contribution in [0.25, 0.3) is 11.1 Å². The minimum Gasteiger partial charge on any atom is -0.394 e. The normalized spacial score (nSPS) is 18.0. The molecule has 12 heteroatoms. The highest BCUT2D eigenvalue weighted by atomic mass is 19.4. The predicted octanol–water partition coefficient (Wildman–Crippen LogP) is 6.94. The number of hydrogen-bond donors (Lipinski definition) is 1. The monoisotopic (exact) mass is 597 g/mol. The van der Waals surface area contributed by atoms with E-state index in [0.717, 1.165) is 10.5 Å². The first-order valence-electron chi connectivity index (χ1n) is 13.1. The topological polar surface area (TPSA) is 56.7 Å². The Morgan fingerprint density at radius 3 is 2.10 bits per heavy atom. The lowest BCUT2D eigenvalue weighted by Gasteiger charge is -2.32. The lowest BCUT2D eigenvalue weighted by atomic mass is 9.81. The highest BCUT2D eigenvalue weighted by molar-refractivity contribution is 6.03. The molecule has 1 saturated heterocycles. The van der Waals surface area contributed by atoms with Crippen LogP contribution in [0.15, 0.2) is 54.7 Å². The number of amides is 1. The molecule has 42 heavy (non-hydrogen) atoms. The van der Waals surface area contributed by atoms with Crippen molar-refractivity contribution >= 4 is 17.4 Å². The van der Waals surface area contributed by atoms with Crippen molar-refractivity contribution in [3.05, 3.63) is 77.0 Å². The molecule has 2 atom stereocenters. The van der Waals surface area contributed by atoms with Crippen molar-refractivity contribution in [3.63, 3.8) is 0 Å². The number of anilines is 2. The fraction of sp³-hybridized carbons (Fsp3) is 0.400. The number of rotatable bonds is 6. The van der Waals surface area contributed by atoms with Gasteiger partial charge in [-0.05, 0) is 61.7 Å². The molecule has 1 fully saturated rings.